The SMILES string of the molecule is CC(C)(C)c1cc(-c2cc3c(oc4ccccc43)c(-n3c4ccccc4c4cccnc43)n2)[c-]c(-c2cc(C(C)(C)C)cc(C(C)(C)C)c2O)c1.[Pt]. The summed E-state index contributed by atoms with van der Waals surface area (Å²) < 4.78 is 8.75. The largest absolute Gasteiger partial charge is 0.515 e. The predicted octanol–water partition coefficient (Wildman–Crippen LogP) is 12.2. The number of phenols is 1. The van der Waals surface area contributed by atoms with Crippen molar-refractivity contribution >= 4 is 43.9 Å². The van der Waals surface area contributed by atoms with Gasteiger partial charge < -0.3 is 9.52 Å². The minimum absolute atomic E-state index is 0. The Labute approximate surface area is 320 Å². The number of benzene rings is 4. The maximum atomic E-state index is 12.0. The van der Waals surface area contributed by atoms with Gasteiger partial charge in [-0.2, -0.15) is 0 Å². The minimum Gasteiger partial charge on any atom is -0.515 e. The van der Waals surface area contributed by atoms with E-state index < -0.39 is 0 Å². The van der Waals surface area contributed by atoms with E-state index in [0.29, 0.717) is 17.2 Å². The molecule has 0 bridgehead atoms. The van der Waals surface area contributed by atoms with Crippen LogP contribution in [0.2, 0.25) is 0 Å². The van der Waals surface area contributed by atoms with Crippen molar-refractivity contribution in [3.8, 4) is 34.0 Å². The first-order valence-electron chi connectivity index (χ1n) is 17.7. The van der Waals surface area contributed by atoms with Gasteiger partial charge >= 0.3 is 0 Å². The molecular weight excluding hydrogens is 822 g/mol. The van der Waals surface area contributed by atoms with E-state index in [1.54, 1.807) is 0 Å². The van der Waals surface area contributed by atoms with Gasteiger partial charge in [0.15, 0.2) is 11.4 Å². The van der Waals surface area contributed by atoms with Crippen LogP contribution in [0.5, 0.6) is 5.75 Å². The summed E-state index contributed by atoms with van der Waals surface area (Å²) in [4.78, 5) is 10.3. The van der Waals surface area contributed by atoms with Gasteiger partial charge in [0.1, 0.15) is 11.2 Å². The van der Waals surface area contributed by atoms with Crippen LogP contribution in [0, 0.1) is 6.07 Å². The first-order chi connectivity index (χ1) is 24.1. The predicted molar refractivity (Wildman–Crippen MR) is 211 cm³/mol. The molecule has 4 heterocycles. The van der Waals surface area contributed by atoms with Gasteiger partial charge in [-0.3, -0.25) is 9.55 Å². The molecule has 0 fully saturated rings. The van der Waals surface area contributed by atoms with Gasteiger partial charge in [-0.05, 0) is 57.2 Å². The number of aromatic nitrogens is 3. The van der Waals surface area contributed by atoms with Gasteiger partial charge in [0.05, 0.1) is 11.3 Å². The van der Waals surface area contributed by atoms with Crippen LogP contribution in [-0.2, 0) is 37.3 Å². The Balaban J connectivity index is 0.00000420. The van der Waals surface area contributed by atoms with Crippen LogP contribution in [0.4, 0.5) is 0 Å². The number of hydrogen-bond donors (Lipinski definition) is 1. The first-order valence-corrected chi connectivity index (χ1v) is 17.7. The van der Waals surface area contributed by atoms with Gasteiger partial charge in [-0.1, -0.05) is 122 Å². The van der Waals surface area contributed by atoms with Crippen molar-refractivity contribution in [2.24, 2.45) is 0 Å². The molecule has 52 heavy (non-hydrogen) atoms. The Morgan fingerprint density at radius 1 is 0.654 bits per heavy atom. The van der Waals surface area contributed by atoms with E-state index in [-0.39, 0.29) is 37.3 Å². The molecule has 0 atom stereocenters. The summed E-state index contributed by atoms with van der Waals surface area (Å²) in [5.41, 5.74) is 9.20. The van der Waals surface area contributed by atoms with E-state index in [2.05, 4.69) is 134 Å². The van der Waals surface area contributed by atoms with Crippen molar-refractivity contribution in [3.05, 3.63) is 120 Å². The van der Waals surface area contributed by atoms with E-state index in [9.17, 15) is 5.11 Å². The fourth-order valence-corrected chi connectivity index (χ4v) is 7.14. The Hall–Kier alpha value is -4.73. The molecule has 0 spiro atoms. The Kier molecular flexibility index (Phi) is 8.54. The number of para-hydroxylation sites is 2. The first kappa shape index (κ1) is 35.7. The molecule has 0 aliphatic rings. The van der Waals surface area contributed by atoms with Gasteiger partial charge in [-0.15, -0.1) is 29.3 Å². The van der Waals surface area contributed by atoms with Gasteiger partial charge in [0, 0.05) is 54.5 Å². The molecule has 266 valence electrons. The zero-order valence-corrected chi connectivity index (χ0v) is 33.5. The zero-order valence-electron chi connectivity index (χ0n) is 31.3. The second-order valence-electron chi connectivity index (χ2n) is 16.9. The summed E-state index contributed by atoms with van der Waals surface area (Å²) in [7, 11) is 0. The topological polar surface area (TPSA) is 64.1 Å². The molecular formula is C46H44N3O2Pt-. The number of hydrogen-bond acceptors (Lipinski definition) is 4. The van der Waals surface area contributed by atoms with E-state index >= 15 is 0 Å². The van der Waals surface area contributed by atoms with Crippen molar-refractivity contribution in [2.45, 2.75) is 78.6 Å². The van der Waals surface area contributed by atoms with Crippen LogP contribution in [0.15, 0.2) is 102 Å². The molecule has 0 amide bonds. The Morgan fingerprint density at radius 2 is 1.29 bits per heavy atom. The summed E-state index contributed by atoms with van der Waals surface area (Å²) in [5.74, 6) is 0.970. The molecule has 4 aromatic carbocycles. The van der Waals surface area contributed by atoms with E-state index in [4.69, 9.17) is 14.4 Å². The fraction of sp³-hybridized carbons (Fsp3) is 0.261. The minimum atomic E-state index is -0.259. The molecule has 4 aromatic heterocycles. The number of rotatable bonds is 3. The van der Waals surface area contributed by atoms with Crippen LogP contribution in [0.1, 0.15) is 79.0 Å². The van der Waals surface area contributed by atoms with Gasteiger partial charge in [0.2, 0.25) is 0 Å². The van der Waals surface area contributed by atoms with Crippen LogP contribution in [0.25, 0.3) is 72.1 Å². The molecule has 1 N–H and O–H groups in total. The molecule has 0 aliphatic carbocycles. The van der Waals surface area contributed by atoms with Crippen molar-refractivity contribution in [2.75, 3.05) is 0 Å². The Bertz CT molecular complexity index is 2610. The van der Waals surface area contributed by atoms with Crippen LogP contribution in [-0.4, -0.2) is 19.6 Å². The standard InChI is InChI=1S/C46H44N3O2.Pt/c1-44(2,3)29-22-27(34-24-30(45(4,5)6)25-36(40(34)50)46(7,8)9)21-28(23-29)37-26-35-32-16-11-13-19-39(32)51-41(35)43(48-37)49-38-18-12-10-15-31(38)33-17-14-20-47-42(33)49;/h10-20,22-26,50H,1-9H3;/q-1;. The number of nitrogens with zero attached hydrogens (tertiary/aromatic N) is 3. The van der Waals surface area contributed by atoms with Crippen molar-refractivity contribution in [1.82, 2.24) is 14.5 Å². The van der Waals surface area contributed by atoms with Crippen LogP contribution < -0.4 is 0 Å². The van der Waals surface area contributed by atoms with Crippen LogP contribution >= 0.6 is 0 Å². The molecule has 6 heteroatoms. The maximum Gasteiger partial charge on any atom is 0.177 e. The van der Waals surface area contributed by atoms with Crippen molar-refractivity contribution in [3.63, 3.8) is 0 Å². The van der Waals surface area contributed by atoms with E-state index in [1.165, 1.54) is 5.56 Å². The average molecular weight is 866 g/mol. The molecule has 5 nitrogen and oxygen atoms in total. The third kappa shape index (κ3) is 5.93. The number of phenolic OH excluding ortho intramolecular Hbond substituents is 1. The quantitative estimate of drug-likeness (QED) is 0.180. The van der Waals surface area contributed by atoms with Crippen LogP contribution in [0.3, 0.4) is 0 Å². The monoisotopic (exact) mass is 865 g/mol. The van der Waals surface area contributed by atoms with Crippen molar-refractivity contribution in [1.29, 1.82) is 0 Å². The smallest absolute Gasteiger partial charge is 0.177 e. The fourth-order valence-electron chi connectivity index (χ4n) is 7.14. The third-order valence-corrected chi connectivity index (χ3v) is 10.1. The molecule has 0 aliphatic heterocycles. The van der Waals surface area contributed by atoms with E-state index in [1.807, 2.05) is 36.5 Å². The van der Waals surface area contributed by atoms with Crippen molar-refractivity contribution < 1.29 is 30.6 Å². The molecule has 8 rings (SSSR count). The molecule has 0 radical (unpaired) electrons. The summed E-state index contributed by atoms with van der Waals surface area (Å²) in [6, 6.07) is 35.2. The molecule has 0 saturated carbocycles. The number of pyridine rings is 2. The normalized spacial score (nSPS) is 12.6. The Morgan fingerprint density at radius 3 is 2.00 bits per heavy atom. The second kappa shape index (κ2) is 12.4. The molecule has 8 aromatic rings. The summed E-state index contributed by atoms with van der Waals surface area (Å²) in [5, 5.41) is 16.1. The van der Waals surface area contributed by atoms with Gasteiger partial charge in [0.25, 0.3) is 0 Å². The average Bonchev–Trinajstić information content (AvgIpc) is 3.62. The van der Waals surface area contributed by atoms with E-state index in [0.717, 1.165) is 71.8 Å². The maximum absolute atomic E-state index is 12.0. The third-order valence-electron chi connectivity index (χ3n) is 10.1. The molecule has 0 unspecified atom stereocenters. The zero-order chi connectivity index (χ0) is 36.0. The number of furan rings is 1. The number of fused-ring (bicyclic) bond motifs is 6. The summed E-state index contributed by atoms with van der Waals surface area (Å²) in [6.45, 7) is 19.8. The summed E-state index contributed by atoms with van der Waals surface area (Å²) >= 11 is 0. The number of aromatic hydroxyl groups is 1. The van der Waals surface area contributed by atoms with Gasteiger partial charge in [-0.25, -0.2) is 4.98 Å². The second-order valence-corrected chi connectivity index (χ2v) is 16.9. The summed E-state index contributed by atoms with van der Waals surface area (Å²) in [6.07, 6.45) is 1.83. The molecule has 0 saturated heterocycles.